The molecule has 160 valence electrons. The zero-order chi connectivity index (χ0) is 23.4. The van der Waals surface area contributed by atoms with E-state index in [-0.39, 0.29) is 18.0 Å². The molecule has 0 aliphatic heterocycles. The number of nitrogens with zero attached hydrogens (tertiary/aromatic N) is 2. The van der Waals surface area contributed by atoms with Gasteiger partial charge < -0.3 is 0 Å². The third-order valence-electron chi connectivity index (χ3n) is 6.10. The monoisotopic (exact) mass is 450 g/mol. The van der Waals surface area contributed by atoms with Crippen LogP contribution in [0, 0.1) is 34.0 Å². The molecule has 2 atom stereocenters. The predicted molar refractivity (Wildman–Crippen MR) is 126 cm³/mol. The van der Waals surface area contributed by atoms with Gasteiger partial charge in [-0.05, 0) is 17.7 Å². The number of allylic oxidation sites excluding steroid dienone is 2. The van der Waals surface area contributed by atoms with Crippen molar-refractivity contribution in [1.82, 2.24) is 0 Å². The Morgan fingerprint density at radius 3 is 1.91 bits per heavy atom. The number of ketones is 2. The molecule has 3 aromatic rings. The number of halogens is 1. The molecule has 0 heterocycles. The van der Waals surface area contributed by atoms with Gasteiger partial charge in [-0.15, -0.1) is 0 Å². The van der Waals surface area contributed by atoms with Crippen LogP contribution in [0.15, 0.2) is 96.6 Å². The molecular formula is C28H19ClN2O2. The smallest absolute Gasteiger partial charge is 0.189 e. The van der Waals surface area contributed by atoms with Crippen molar-refractivity contribution in [1.29, 1.82) is 10.5 Å². The average Bonchev–Trinajstić information content (AvgIpc) is 3.19. The maximum Gasteiger partial charge on any atom is 0.189 e. The minimum atomic E-state index is -1.61. The van der Waals surface area contributed by atoms with Gasteiger partial charge in [-0.2, -0.15) is 10.5 Å². The lowest BCUT2D eigenvalue weighted by Crippen LogP contribution is -2.32. The van der Waals surface area contributed by atoms with E-state index in [1.807, 2.05) is 12.1 Å². The number of rotatable bonds is 6. The SMILES string of the molecule is N#CC1(C#N)[C@@H](CC(=O)c2ccccc2)C=C(C(=O)c2ccccc2)[C@@H]1c1ccc(Cl)cc1. The first-order chi connectivity index (χ1) is 16.0. The van der Waals surface area contributed by atoms with Gasteiger partial charge >= 0.3 is 0 Å². The second kappa shape index (κ2) is 9.25. The zero-order valence-electron chi connectivity index (χ0n) is 17.6. The van der Waals surface area contributed by atoms with Crippen molar-refractivity contribution < 1.29 is 9.59 Å². The summed E-state index contributed by atoms with van der Waals surface area (Å²) in [7, 11) is 0. The van der Waals surface area contributed by atoms with Gasteiger partial charge in [0.15, 0.2) is 17.0 Å². The Labute approximate surface area is 197 Å². The molecule has 0 spiro atoms. The molecule has 0 bridgehead atoms. The van der Waals surface area contributed by atoms with Crippen LogP contribution in [0.4, 0.5) is 0 Å². The Morgan fingerprint density at radius 1 is 0.818 bits per heavy atom. The van der Waals surface area contributed by atoms with Crippen LogP contribution >= 0.6 is 11.6 Å². The number of Topliss-reactive ketones (excluding diaryl/α,β-unsaturated/α-hetero) is 2. The van der Waals surface area contributed by atoms with Gasteiger partial charge in [0.2, 0.25) is 0 Å². The van der Waals surface area contributed by atoms with E-state index < -0.39 is 17.3 Å². The molecule has 5 heteroatoms. The molecule has 0 N–H and O–H groups in total. The number of hydrogen-bond donors (Lipinski definition) is 0. The number of nitriles is 2. The van der Waals surface area contributed by atoms with Crippen LogP contribution in [0.25, 0.3) is 0 Å². The topological polar surface area (TPSA) is 81.7 Å². The molecule has 3 aromatic carbocycles. The Morgan fingerprint density at radius 2 is 1.36 bits per heavy atom. The first kappa shape index (κ1) is 22.2. The molecule has 33 heavy (non-hydrogen) atoms. The van der Waals surface area contributed by atoms with Crippen molar-refractivity contribution in [2.24, 2.45) is 11.3 Å². The van der Waals surface area contributed by atoms with E-state index in [0.29, 0.717) is 27.3 Å². The number of hydrogen-bond acceptors (Lipinski definition) is 4. The van der Waals surface area contributed by atoms with Gasteiger partial charge in [0.25, 0.3) is 0 Å². The van der Waals surface area contributed by atoms with E-state index in [1.54, 1.807) is 78.9 Å². The summed E-state index contributed by atoms with van der Waals surface area (Å²) >= 11 is 6.06. The molecule has 0 aromatic heterocycles. The highest BCUT2D eigenvalue weighted by Gasteiger charge is 2.54. The van der Waals surface area contributed by atoms with Crippen molar-refractivity contribution >= 4 is 23.2 Å². The highest BCUT2D eigenvalue weighted by molar-refractivity contribution is 6.30. The quantitative estimate of drug-likeness (QED) is 0.420. The molecule has 1 aliphatic carbocycles. The average molecular weight is 451 g/mol. The van der Waals surface area contributed by atoms with Crippen LogP contribution in [0.3, 0.4) is 0 Å². The summed E-state index contributed by atoms with van der Waals surface area (Å²) in [5.41, 5.74) is 0.326. The Bertz CT molecular complexity index is 1290. The fourth-order valence-corrected chi connectivity index (χ4v) is 4.57. The van der Waals surface area contributed by atoms with Crippen LogP contribution in [-0.4, -0.2) is 11.6 Å². The van der Waals surface area contributed by atoms with Gasteiger partial charge in [0.1, 0.15) is 0 Å². The second-order valence-corrected chi connectivity index (χ2v) is 8.43. The minimum Gasteiger partial charge on any atom is -0.294 e. The summed E-state index contributed by atoms with van der Waals surface area (Å²) in [6, 6.07) is 28.6. The van der Waals surface area contributed by atoms with Gasteiger partial charge in [0.05, 0.1) is 12.1 Å². The third kappa shape index (κ3) is 4.10. The van der Waals surface area contributed by atoms with Crippen LogP contribution < -0.4 is 0 Å². The largest absolute Gasteiger partial charge is 0.294 e. The maximum atomic E-state index is 13.5. The molecule has 0 fully saturated rings. The van der Waals surface area contributed by atoms with Gasteiger partial charge in [-0.1, -0.05) is 90.5 Å². The first-order valence-electron chi connectivity index (χ1n) is 10.5. The molecule has 4 nitrogen and oxygen atoms in total. The van der Waals surface area contributed by atoms with Gasteiger partial charge in [0, 0.05) is 40.0 Å². The van der Waals surface area contributed by atoms with E-state index in [0.717, 1.165) is 0 Å². The van der Waals surface area contributed by atoms with Crippen LogP contribution in [0.5, 0.6) is 0 Å². The maximum absolute atomic E-state index is 13.5. The normalized spacial score (nSPS) is 18.6. The number of carbonyl (C=O) groups excluding carboxylic acids is 2. The zero-order valence-corrected chi connectivity index (χ0v) is 18.4. The highest BCUT2D eigenvalue weighted by Crippen LogP contribution is 2.54. The molecule has 4 rings (SSSR count). The lowest BCUT2D eigenvalue weighted by Gasteiger charge is -2.29. The minimum absolute atomic E-state index is 0.0548. The summed E-state index contributed by atoms with van der Waals surface area (Å²) in [6.07, 6.45) is 1.60. The molecule has 1 aliphatic rings. The van der Waals surface area contributed by atoms with E-state index in [4.69, 9.17) is 11.6 Å². The fourth-order valence-electron chi connectivity index (χ4n) is 4.45. The third-order valence-corrected chi connectivity index (χ3v) is 6.36. The van der Waals surface area contributed by atoms with E-state index in [9.17, 15) is 20.1 Å². The number of benzene rings is 3. The lowest BCUT2D eigenvalue weighted by atomic mass is 9.67. The van der Waals surface area contributed by atoms with E-state index >= 15 is 0 Å². The Kier molecular flexibility index (Phi) is 6.22. The van der Waals surface area contributed by atoms with Crippen molar-refractivity contribution in [2.45, 2.75) is 12.3 Å². The summed E-state index contributed by atoms with van der Waals surface area (Å²) in [4.78, 5) is 26.5. The van der Waals surface area contributed by atoms with Crippen molar-refractivity contribution in [3.8, 4) is 12.1 Å². The summed E-state index contributed by atoms with van der Waals surface area (Å²) in [6.45, 7) is 0. The second-order valence-electron chi connectivity index (χ2n) is 7.99. The van der Waals surface area contributed by atoms with Crippen molar-refractivity contribution in [2.75, 3.05) is 0 Å². The van der Waals surface area contributed by atoms with Crippen molar-refractivity contribution in [3.63, 3.8) is 0 Å². The summed E-state index contributed by atoms with van der Waals surface area (Å²) < 4.78 is 0. The molecule has 0 unspecified atom stereocenters. The van der Waals surface area contributed by atoms with Gasteiger partial charge in [-0.3, -0.25) is 9.59 Å². The van der Waals surface area contributed by atoms with E-state index in [1.165, 1.54) is 0 Å². The lowest BCUT2D eigenvalue weighted by molar-refractivity contribution is 0.0955. The Hall–Kier alpha value is -3.99. The molecule has 0 saturated carbocycles. The molecule has 0 saturated heterocycles. The molecule has 0 amide bonds. The van der Waals surface area contributed by atoms with Crippen LogP contribution in [0.1, 0.15) is 38.6 Å². The van der Waals surface area contributed by atoms with Gasteiger partial charge in [-0.25, -0.2) is 0 Å². The van der Waals surface area contributed by atoms with Crippen LogP contribution in [-0.2, 0) is 0 Å². The predicted octanol–water partition coefficient (Wildman–Crippen LogP) is 6.17. The van der Waals surface area contributed by atoms with Crippen molar-refractivity contribution in [3.05, 3.63) is 118 Å². The first-order valence-corrected chi connectivity index (χ1v) is 10.9. The fraction of sp³-hybridized carbons (Fsp3) is 0.143. The van der Waals surface area contributed by atoms with Crippen LogP contribution in [0.2, 0.25) is 5.02 Å². The molecular weight excluding hydrogens is 432 g/mol. The number of carbonyl (C=O) groups is 2. The summed E-state index contributed by atoms with van der Waals surface area (Å²) in [5, 5.41) is 21.1. The van der Waals surface area contributed by atoms with E-state index in [2.05, 4.69) is 12.1 Å². The standard InChI is InChI=1S/C28H19ClN2O2/c29-23-13-11-20(12-14-23)26-24(27(33)21-9-5-2-6-10-21)15-22(28(26,17-30)18-31)16-25(32)19-7-3-1-4-8-19/h1-15,22,26H,16H2/t22-,26+/m1/s1. The Balaban J connectivity index is 1.83. The summed E-state index contributed by atoms with van der Waals surface area (Å²) in [5.74, 6) is -2.01. The highest BCUT2D eigenvalue weighted by atomic mass is 35.5. The molecule has 0 radical (unpaired) electrons.